The molecule has 2 aromatic heterocycles. The first kappa shape index (κ1) is 31.6. The Balaban J connectivity index is 1.59. The molecule has 0 aliphatic carbocycles. The number of anilines is 3. The molecule has 4 aromatic carbocycles. The van der Waals surface area contributed by atoms with Crippen molar-refractivity contribution in [2.75, 3.05) is 12.0 Å². The summed E-state index contributed by atoms with van der Waals surface area (Å²) in [6.45, 7) is 3.61. The summed E-state index contributed by atoms with van der Waals surface area (Å²) in [5.41, 5.74) is 4.03. The number of nitrogens with zero attached hydrogens (tertiary/aromatic N) is 5. The van der Waals surface area contributed by atoms with E-state index < -0.39 is 23.5 Å². The number of benzene rings is 4. The number of carbonyl (C=O) groups excluding carboxylic acids is 2. The first-order valence-electron chi connectivity index (χ1n) is 14.8. The normalized spacial score (nSPS) is 12.5. The lowest BCUT2D eigenvalue weighted by Gasteiger charge is -2.35. The van der Waals surface area contributed by atoms with Gasteiger partial charge in [-0.1, -0.05) is 71.2 Å². The van der Waals surface area contributed by atoms with Gasteiger partial charge in [0.25, 0.3) is 11.8 Å². The molecule has 0 fully saturated rings. The van der Waals surface area contributed by atoms with Crippen molar-refractivity contribution >= 4 is 63.9 Å². The van der Waals surface area contributed by atoms with Gasteiger partial charge in [-0.05, 0) is 74.0 Å². The van der Waals surface area contributed by atoms with Crippen LogP contribution in [0.4, 0.5) is 21.7 Å². The van der Waals surface area contributed by atoms with Gasteiger partial charge in [0.05, 0.1) is 50.4 Å². The van der Waals surface area contributed by atoms with E-state index >= 15 is 0 Å². The minimum Gasteiger partial charge on any atom is -0.497 e. The van der Waals surface area contributed by atoms with Gasteiger partial charge in [-0.2, -0.15) is 19.6 Å². The fourth-order valence-corrected chi connectivity index (χ4v) is 6.79. The van der Waals surface area contributed by atoms with Crippen LogP contribution in [-0.4, -0.2) is 38.5 Å². The highest BCUT2D eigenvalue weighted by Gasteiger charge is 2.44. The first-order chi connectivity index (χ1) is 23.1. The standard InChI is InChI=1S/C36H25Cl3FN5O3/c1-19-30-32(21-12-15-23(48-3)16-13-21)31-20(2)42-45(36(47)25-9-5-7-11-27(25)38)34(31)43(22-14-17-29(40)28(39)18-22)33(30)44(41-19)35(46)24-8-4-6-10-26(24)37/h4-18,32H,1-3H3. The lowest BCUT2D eigenvalue weighted by atomic mass is 9.81. The summed E-state index contributed by atoms with van der Waals surface area (Å²) in [6.07, 6.45) is 0. The molecule has 0 amide bonds. The largest absolute Gasteiger partial charge is 0.497 e. The molecule has 1 aliphatic heterocycles. The molecule has 0 bridgehead atoms. The van der Waals surface area contributed by atoms with Crippen LogP contribution in [0.5, 0.6) is 5.75 Å². The van der Waals surface area contributed by atoms with Crippen LogP contribution < -0.4 is 9.64 Å². The predicted molar refractivity (Wildman–Crippen MR) is 183 cm³/mol. The van der Waals surface area contributed by atoms with E-state index in [1.807, 2.05) is 24.3 Å². The van der Waals surface area contributed by atoms with E-state index in [0.29, 0.717) is 45.6 Å². The minimum absolute atomic E-state index is 0.159. The number of ether oxygens (including phenoxy) is 1. The third kappa shape index (κ3) is 5.06. The molecular formula is C36H25Cl3FN5O3. The number of aryl methyl sites for hydroxylation is 2. The van der Waals surface area contributed by atoms with Crippen LogP contribution in [0, 0.1) is 19.7 Å². The molecule has 8 nitrogen and oxygen atoms in total. The topological polar surface area (TPSA) is 82.2 Å². The zero-order valence-electron chi connectivity index (χ0n) is 25.7. The van der Waals surface area contributed by atoms with Crippen LogP contribution >= 0.6 is 34.8 Å². The molecule has 0 saturated carbocycles. The monoisotopic (exact) mass is 699 g/mol. The number of fused-ring (bicyclic) bond motifs is 2. The molecule has 0 radical (unpaired) electrons. The van der Waals surface area contributed by atoms with E-state index in [1.54, 1.807) is 74.4 Å². The maximum Gasteiger partial charge on any atom is 0.281 e. The Morgan fingerprint density at radius 3 is 1.67 bits per heavy atom. The SMILES string of the molecule is COc1ccc(C2c3c(C)nn(C(=O)c4ccccc4Cl)c3N(c3ccc(F)c(Cl)c3)c3c2c(C)nn3C(=O)c2ccccc2Cl)cc1. The molecule has 3 heterocycles. The van der Waals surface area contributed by atoms with Crippen molar-refractivity contribution in [2.45, 2.75) is 19.8 Å². The molecule has 0 spiro atoms. The van der Waals surface area contributed by atoms with E-state index in [9.17, 15) is 14.0 Å². The molecule has 0 unspecified atom stereocenters. The van der Waals surface area contributed by atoms with Crippen molar-refractivity contribution in [3.05, 3.63) is 151 Å². The maximum absolute atomic E-state index is 14.6. The number of methoxy groups -OCH3 is 1. The fourth-order valence-electron chi connectivity index (χ4n) is 6.18. The van der Waals surface area contributed by atoms with Crippen molar-refractivity contribution in [3.63, 3.8) is 0 Å². The van der Waals surface area contributed by atoms with Crippen molar-refractivity contribution in [2.24, 2.45) is 0 Å². The number of carbonyl (C=O) groups is 2. The van der Waals surface area contributed by atoms with Gasteiger partial charge >= 0.3 is 0 Å². The zero-order chi connectivity index (χ0) is 33.9. The molecule has 7 rings (SSSR count). The van der Waals surface area contributed by atoms with Crippen LogP contribution in [0.25, 0.3) is 0 Å². The van der Waals surface area contributed by atoms with Crippen LogP contribution in [0.3, 0.4) is 0 Å². The quantitative estimate of drug-likeness (QED) is 0.178. The van der Waals surface area contributed by atoms with Crippen LogP contribution in [0.2, 0.25) is 15.1 Å². The van der Waals surface area contributed by atoms with Gasteiger partial charge in [0.2, 0.25) is 0 Å². The summed E-state index contributed by atoms with van der Waals surface area (Å²) in [5.74, 6) is -0.944. The van der Waals surface area contributed by atoms with Gasteiger partial charge in [-0.25, -0.2) is 4.39 Å². The summed E-state index contributed by atoms with van der Waals surface area (Å²) in [4.78, 5) is 30.4. The van der Waals surface area contributed by atoms with Gasteiger partial charge in [0.1, 0.15) is 11.6 Å². The lowest BCUT2D eigenvalue weighted by molar-refractivity contribution is 0.0942. The number of rotatable bonds is 5. The molecule has 48 heavy (non-hydrogen) atoms. The first-order valence-corrected chi connectivity index (χ1v) is 15.9. The molecule has 0 N–H and O–H groups in total. The smallest absolute Gasteiger partial charge is 0.281 e. The summed E-state index contributed by atoms with van der Waals surface area (Å²) in [5, 5.41) is 9.86. The van der Waals surface area contributed by atoms with Gasteiger partial charge < -0.3 is 4.74 Å². The number of hydrogen-bond donors (Lipinski definition) is 0. The summed E-state index contributed by atoms with van der Waals surface area (Å²) in [6, 6.07) is 25.0. The fraction of sp³-hybridized carbons (Fsp3) is 0.111. The Bertz CT molecular complexity index is 2150. The van der Waals surface area contributed by atoms with Crippen LogP contribution in [0.15, 0.2) is 91.0 Å². The number of hydrogen-bond acceptors (Lipinski definition) is 6. The summed E-state index contributed by atoms with van der Waals surface area (Å²) < 4.78 is 22.6. The molecule has 6 aromatic rings. The highest BCUT2D eigenvalue weighted by atomic mass is 35.5. The van der Waals surface area contributed by atoms with Crippen LogP contribution in [-0.2, 0) is 0 Å². The van der Waals surface area contributed by atoms with Gasteiger partial charge in [-0.15, -0.1) is 0 Å². The predicted octanol–water partition coefficient (Wildman–Crippen LogP) is 9.14. The van der Waals surface area contributed by atoms with Crippen molar-refractivity contribution < 1.29 is 18.7 Å². The third-order valence-corrected chi connectivity index (χ3v) is 9.32. The van der Waals surface area contributed by atoms with Gasteiger partial charge in [0, 0.05) is 17.0 Å². The molecule has 0 saturated heterocycles. The van der Waals surface area contributed by atoms with E-state index in [1.165, 1.54) is 27.6 Å². The Labute approximate surface area is 289 Å². The molecule has 1 aliphatic rings. The highest BCUT2D eigenvalue weighted by Crippen LogP contribution is 2.54. The summed E-state index contributed by atoms with van der Waals surface area (Å²) >= 11 is 19.4. The van der Waals surface area contributed by atoms with Gasteiger partial charge in [0.15, 0.2) is 11.6 Å². The number of aromatic nitrogens is 4. The highest BCUT2D eigenvalue weighted by molar-refractivity contribution is 6.34. The van der Waals surface area contributed by atoms with E-state index in [-0.39, 0.29) is 26.2 Å². The van der Waals surface area contributed by atoms with Crippen LogP contribution in [0.1, 0.15) is 54.7 Å². The Morgan fingerprint density at radius 1 is 0.708 bits per heavy atom. The molecule has 240 valence electrons. The molecular weight excluding hydrogens is 676 g/mol. The Hall–Kier alpha value is -4.96. The second-order valence-corrected chi connectivity index (χ2v) is 12.4. The van der Waals surface area contributed by atoms with Gasteiger partial charge in [-0.3, -0.25) is 14.5 Å². The second kappa shape index (κ2) is 12.2. The second-order valence-electron chi connectivity index (χ2n) is 11.2. The average Bonchev–Trinajstić information content (AvgIpc) is 3.61. The zero-order valence-corrected chi connectivity index (χ0v) is 28.0. The average molecular weight is 701 g/mol. The van der Waals surface area contributed by atoms with Crippen molar-refractivity contribution in [1.29, 1.82) is 0 Å². The Morgan fingerprint density at radius 2 is 1.21 bits per heavy atom. The third-order valence-electron chi connectivity index (χ3n) is 8.37. The van der Waals surface area contributed by atoms with E-state index in [0.717, 1.165) is 5.56 Å². The maximum atomic E-state index is 14.6. The number of halogens is 4. The minimum atomic E-state index is -0.636. The van der Waals surface area contributed by atoms with E-state index in [2.05, 4.69) is 0 Å². The van der Waals surface area contributed by atoms with Crippen molar-refractivity contribution in [1.82, 2.24) is 19.6 Å². The Kier molecular flexibility index (Phi) is 8.07. The van der Waals surface area contributed by atoms with Crippen molar-refractivity contribution in [3.8, 4) is 5.75 Å². The lowest BCUT2D eigenvalue weighted by Crippen LogP contribution is -2.30. The molecule has 12 heteroatoms. The molecule has 0 atom stereocenters. The summed E-state index contributed by atoms with van der Waals surface area (Å²) in [7, 11) is 1.58. The van der Waals surface area contributed by atoms with E-state index in [4.69, 9.17) is 49.7 Å².